The summed E-state index contributed by atoms with van der Waals surface area (Å²) in [6.45, 7) is 15.5. The highest BCUT2D eigenvalue weighted by atomic mass is 16.5. The second-order valence-electron chi connectivity index (χ2n) is 7.63. The minimum Gasteiger partial charge on any atom is -0.373 e. The second-order valence-corrected chi connectivity index (χ2v) is 7.63. The third-order valence-corrected chi connectivity index (χ3v) is 5.52. The fourth-order valence-corrected chi connectivity index (χ4v) is 3.75. The lowest BCUT2D eigenvalue weighted by Gasteiger charge is -2.31. The molecular weight excluding hydrogens is 348 g/mol. The zero-order valence-corrected chi connectivity index (χ0v) is 18.3. The first-order valence-electron chi connectivity index (χ1n) is 11.1. The summed E-state index contributed by atoms with van der Waals surface area (Å²) in [5.74, 6) is 1.36. The maximum Gasteiger partial charge on any atom is 0.191 e. The average molecular weight is 389 g/mol. The predicted molar refractivity (Wildman–Crippen MR) is 119 cm³/mol. The van der Waals surface area contributed by atoms with Crippen LogP contribution in [0.3, 0.4) is 0 Å². The van der Waals surface area contributed by atoms with Crippen LogP contribution in [-0.2, 0) is 4.74 Å². The summed E-state index contributed by atoms with van der Waals surface area (Å²) in [6.07, 6.45) is 3.58. The maximum atomic E-state index is 6.14. The number of aryl methyl sites for hydroxylation is 1. The van der Waals surface area contributed by atoms with Crippen LogP contribution in [0.4, 0.5) is 0 Å². The van der Waals surface area contributed by atoms with Gasteiger partial charge in [-0.15, -0.1) is 0 Å². The molecule has 1 aromatic rings. The highest BCUT2D eigenvalue weighted by Crippen LogP contribution is 2.33. The molecule has 0 radical (unpaired) electrons. The van der Waals surface area contributed by atoms with Gasteiger partial charge in [-0.25, -0.2) is 0 Å². The van der Waals surface area contributed by atoms with Gasteiger partial charge in [-0.05, 0) is 58.3 Å². The van der Waals surface area contributed by atoms with E-state index in [4.69, 9.17) is 9.73 Å². The van der Waals surface area contributed by atoms with Crippen molar-refractivity contribution in [2.45, 2.75) is 53.1 Å². The molecule has 0 aliphatic carbocycles. The van der Waals surface area contributed by atoms with Crippen molar-refractivity contribution < 1.29 is 4.74 Å². The molecule has 2 unspecified atom stereocenters. The molecule has 28 heavy (non-hydrogen) atoms. The van der Waals surface area contributed by atoms with Crippen molar-refractivity contribution in [3.8, 4) is 0 Å². The van der Waals surface area contributed by atoms with E-state index in [1.165, 1.54) is 17.5 Å². The summed E-state index contributed by atoms with van der Waals surface area (Å²) in [5, 5.41) is 6.88. The van der Waals surface area contributed by atoms with E-state index in [0.717, 1.165) is 64.7 Å². The van der Waals surface area contributed by atoms with Gasteiger partial charge in [0.1, 0.15) is 0 Å². The average Bonchev–Trinajstić information content (AvgIpc) is 2.73. The Hall–Kier alpha value is -1.59. The number of hydrogen-bond donors (Lipinski definition) is 2. The topological polar surface area (TPSA) is 48.9 Å². The number of ether oxygens (including phenoxy) is 1. The van der Waals surface area contributed by atoms with E-state index in [0.29, 0.717) is 5.92 Å². The van der Waals surface area contributed by atoms with Crippen molar-refractivity contribution >= 4 is 5.96 Å². The van der Waals surface area contributed by atoms with Gasteiger partial charge in [-0.2, -0.15) is 0 Å². The fourth-order valence-electron chi connectivity index (χ4n) is 3.75. The highest BCUT2D eigenvalue weighted by molar-refractivity contribution is 5.79. The first-order chi connectivity index (χ1) is 13.7. The molecule has 0 aromatic heterocycles. The van der Waals surface area contributed by atoms with Crippen LogP contribution in [0.25, 0.3) is 0 Å². The number of rotatable bonds is 10. The van der Waals surface area contributed by atoms with E-state index in [1.807, 2.05) is 0 Å². The molecule has 1 aliphatic heterocycles. The van der Waals surface area contributed by atoms with Crippen molar-refractivity contribution in [3.63, 3.8) is 0 Å². The number of guanidine groups is 1. The largest absolute Gasteiger partial charge is 0.373 e. The summed E-state index contributed by atoms with van der Waals surface area (Å²) < 4.78 is 6.14. The Morgan fingerprint density at radius 2 is 1.89 bits per heavy atom. The zero-order valence-electron chi connectivity index (χ0n) is 18.3. The zero-order chi connectivity index (χ0) is 20.2. The lowest BCUT2D eigenvalue weighted by molar-refractivity contribution is -0.0250. The molecule has 1 aromatic carbocycles. The Bertz CT molecular complexity index is 568. The molecule has 0 saturated carbocycles. The van der Waals surface area contributed by atoms with Crippen LogP contribution < -0.4 is 10.6 Å². The van der Waals surface area contributed by atoms with E-state index in [2.05, 4.69) is 67.5 Å². The summed E-state index contributed by atoms with van der Waals surface area (Å²) in [4.78, 5) is 7.34. The van der Waals surface area contributed by atoms with Crippen LogP contribution in [0.5, 0.6) is 0 Å². The van der Waals surface area contributed by atoms with Gasteiger partial charge in [0, 0.05) is 32.2 Å². The van der Waals surface area contributed by atoms with Crippen LogP contribution in [0.2, 0.25) is 0 Å². The van der Waals surface area contributed by atoms with Crippen molar-refractivity contribution in [3.05, 3.63) is 35.4 Å². The van der Waals surface area contributed by atoms with Gasteiger partial charge in [-0.3, -0.25) is 4.99 Å². The normalized spacial score (nSPS) is 20.4. The van der Waals surface area contributed by atoms with Crippen LogP contribution in [0.15, 0.2) is 29.3 Å². The Morgan fingerprint density at radius 3 is 2.57 bits per heavy atom. The maximum absolute atomic E-state index is 6.14. The van der Waals surface area contributed by atoms with Gasteiger partial charge in [-0.1, -0.05) is 43.7 Å². The van der Waals surface area contributed by atoms with Crippen molar-refractivity contribution in [2.24, 2.45) is 10.9 Å². The summed E-state index contributed by atoms with van der Waals surface area (Å²) >= 11 is 0. The van der Waals surface area contributed by atoms with Gasteiger partial charge >= 0.3 is 0 Å². The molecule has 5 heteroatoms. The minimum atomic E-state index is 0.156. The Balaban J connectivity index is 1.90. The summed E-state index contributed by atoms with van der Waals surface area (Å²) in [6, 6.07) is 8.77. The number of hydrogen-bond acceptors (Lipinski definition) is 3. The molecule has 1 fully saturated rings. The molecular formula is C23H40N4O. The number of nitrogens with zero attached hydrogens (tertiary/aromatic N) is 2. The third kappa shape index (κ3) is 7.44. The lowest BCUT2D eigenvalue weighted by atomic mass is 9.89. The van der Waals surface area contributed by atoms with E-state index in [-0.39, 0.29) is 6.10 Å². The van der Waals surface area contributed by atoms with E-state index in [1.54, 1.807) is 0 Å². The van der Waals surface area contributed by atoms with Crippen LogP contribution in [-0.4, -0.2) is 56.7 Å². The van der Waals surface area contributed by atoms with Crippen molar-refractivity contribution in [1.82, 2.24) is 15.5 Å². The lowest BCUT2D eigenvalue weighted by Crippen LogP contribution is -2.39. The molecule has 2 atom stereocenters. The van der Waals surface area contributed by atoms with E-state index >= 15 is 0 Å². The first kappa shape index (κ1) is 22.7. The molecule has 2 N–H and O–H groups in total. The predicted octanol–water partition coefficient (Wildman–Crippen LogP) is 3.75. The standard InChI is InChI=1S/C23H40N4O/c1-5-24-23(25-15-9-16-27(6-2)7-3)26-18-21-10-8-17-28-22(21)20-13-11-19(4)12-14-20/h11-14,21-22H,5-10,15-18H2,1-4H3,(H2,24,25,26). The summed E-state index contributed by atoms with van der Waals surface area (Å²) in [7, 11) is 0. The van der Waals surface area contributed by atoms with E-state index < -0.39 is 0 Å². The highest BCUT2D eigenvalue weighted by Gasteiger charge is 2.27. The van der Waals surface area contributed by atoms with Crippen molar-refractivity contribution in [1.29, 1.82) is 0 Å². The van der Waals surface area contributed by atoms with Gasteiger partial charge in [0.15, 0.2) is 5.96 Å². The molecule has 1 aliphatic rings. The molecule has 0 amide bonds. The van der Waals surface area contributed by atoms with Crippen molar-refractivity contribution in [2.75, 3.05) is 45.9 Å². The quantitative estimate of drug-likeness (QED) is 0.364. The molecule has 1 heterocycles. The molecule has 0 spiro atoms. The Kier molecular flexibility index (Phi) is 10.4. The molecule has 2 rings (SSSR count). The second kappa shape index (κ2) is 12.8. The SMILES string of the molecule is CCNC(=NCC1CCCOC1c1ccc(C)cc1)NCCCN(CC)CC. The van der Waals surface area contributed by atoms with Gasteiger partial charge in [0.2, 0.25) is 0 Å². The van der Waals surface area contributed by atoms with Gasteiger partial charge in [0.05, 0.1) is 6.10 Å². The molecule has 5 nitrogen and oxygen atoms in total. The van der Waals surface area contributed by atoms with Gasteiger partial charge < -0.3 is 20.3 Å². The molecule has 1 saturated heterocycles. The van der Waals surface area contributed by atoms with Crippen LogP contribution in [0, 0.1) is 12.8 Å². The third-order valence-electron chi connectivity index (χ3n) is 5.52. The van der Waals surface area contributed by atoms with Crippen LogP contribution >= 0.6 is 0 Å². The molecule has 158 valence electrons. The Labute approximate surface area is 171 Å². The van der Waals surface area contributed by atoms with Crippen LogP contribution in [0.1, 0.15) is 57.3 Å². The summed E-state index contributed by atoms with van der Waals surface area (Å²) in [5.41, 5.74) is 2.57. The minimum absolute atomic E-state index is 0.156. The number of benzene rings is 1. The fraction of sp³-hybridized carbons (Fsp3) is 0.696. The Morgan fingerprint density at radius 1 is 1.14 bits per heavy atom. The first-order valence-corrected chi connectivity index (χ1v) is 11.1. The van der Waals surface area contributed by atoms with Gasteiger partial charge in [0.25, 0.3) is 0 Å². The van der Waals surface area contributed by atoms with E-state index in [9.17, 15) is 0 Å². The monoisotopic (exact) mass is 388 g/mol. The smallest absolute Gasteiger partial charge is 0.191 e. The molecule has 0 bridgehead atoms. The number of aliphatic imine (C=N–C) groups is 1. The number of nitrogens with one attached hydrogen (secondary N) is 2.